The number of hydrogen-bond donors (Lipinski definition) is 13. The van der Waals surface area contributed by atoms with Crippen LogP contribution in [-0.2, 0) is 179 Å². The molecule has 0 saturated carbocycles. The highest BCUT2D eigenvalue weighted by molar-refractivity contribution is 8.09. The molecule has 0 aromatic carbocycles. The lowest BCUT2D eigenvalue weighted by Gasteiger charge is -2.27. The van der Waals surface area contributed by atoms with Crippen LogP contribution >= 0.6 is 47.0 Å². The second kappa shape index (κ2) is 65.5. The average molecular weight is 1640 g/mol. The lowest BCUT2D eigenvalue weighted by atomic mass is 10.1. The van der Waals surface area contributed by atoms with Crippen LogP contribution in [0.1, 0.15) is 222 Å². The summed E-state index contributed by atoms with van der Waals surface area (Å²) in [7, 11) is 0. The van der Waals surface area contributed by atoms with E-state index < -0.39 is 47.0 Å². The Morgan fingerprint density at radius 1 is 0.221 bits per heavy atom. The van der Waals surface area contributed by atoms with Gasteiger partial charge >= 0.3 is 47.0 Å². The van der Waals surface area contributed by atoms with E-state index in [1.807, 2.05) is 20.8 Å². The van der Waals surface area contributed by atoms with Gasteiger partial charge in [0.05, 0.1) is 46.2 Å². The van der Waals surface area contributed by atoms with Gasteiger partial charge in [0, 0.05) is 0 Å². The van der Waals surface area contributed by atoms with E-state index in [9.17, 15) is 10.4 Å². The van der Waals surface area contributed by atoms with Gasteiger partial charge in [-0.05, 0) is 167 Å². The number of hydrogen-bond acceptors (Lipinski definition) is 41. The average Bonchev–Trinajstić information content (AvgIpc) is 1.16. The first-order chi connectivity index (χ1) is 45.8. The molecule has 34 nitrogen and oxygen atoms in total. The van der Waals surface area contributed by atoms with Crippen molar-refractivity contribution in [2.24, 2.45) is 0 Å². The van der Waals surface area contributed by atoms with Crippen molar-refractivity contribution in [1.82, 2.24) is 61.1 Å². The maximum absolute atomic E-state index is 9.38. The number of nitrogens with one attached hydrogen (secondary N) is 11. The Bertz CT molecular complexity index is 2040. The van der Waals surface area contributed by atoms with Crippen molar-refractivity contribution >= 4 is 130 Å². The van der Waals surface area contributed by atoms with Gasteiger partial charge in [-0.1, -0.05) is 222 Å². The summed E-state index contributed by atoms with van der Waals surface area (Å²) in [6.45, 7) is -8.89. The van der Waals surface area contributed by atoms with Crippen molar-refractivity contribution in [2.75, 3.05) is 85.5 Å². The third kappa shape index (κ3) is 58.0. The quantitative estimate of drug-likeness (QED) is 0.0153. The van der Waals surface area contributed by atoms with Crippen molar-refractivity contribution in [1.29, 1.82) is 0 Å². The van der Waals surface area contributed by atoms with Gasteiger partial charge in [0.15, 0.2) is 0 Å². The van der Waals surface area contributed by atoms with E-state index in [1.165, 1.54) is 11.3 Å². The summed E-state index contributed by atoms with van der Waals surface area (Å²) in [5.74, 6) is 0. The molecule has 0 aliphatic rings. The zero-order valence-electron chi connectivity index (χ0n) is 56.2. The topological polar surface area (TPSA) is 367 Å². The highest BCUT2D eigenvalue weighted by Gasteiger charge is 2.34. The monoisotopic (exact) mass is 1640 g/mol. The minimum Gasteiger partial charge on any atom is -0.317 e. The van der Waals surface area contributed by atoms with E-state index in [0.717, 1.165) is 128 Å². The molecule has 572 valence electrons. The number of unbranched alkanes of at least 4 members (excludes halogenated alkanes) is 20. The van der Waals surface area contributed by atoms with Gasteiger partial charge in [0.2, 0.25) is 0 Å². The van der Waals surface area contributed by atoms with Gasteiger partial charge < -0.3 is 47.6 Å². The molecule has 0 rings (SSSR count). The summed E-state index contributed by atoms with van der Waals surface area (Å²) in [6.07, 6.45) is 24.4. The molecule has 0 aliphatic heterocycles. The molecular weight excluding hydrogens is 1530 g/mol. The minimum absolute atomic E-state index is 0.000674. The Morgan fingerprint density at radius 2 is 0.379 bits per heavy atom. The van der Waals surface area contributed by atoms with Crippen LogP contribution in [-0.4, -0.2) is 95.9 Å². The van der Waals surface area contributed by atoms with Crippen LogP contribution in [0.5, 0.6) is 0 Å². The molecule has 0 aromatic heterocycles. The number of rotatable bonds is 78. The Labute approximate surface area is 600 Å². The van der Waals surface area contributed by atoms with Gasteiger partial charge in [0.1, 0.15) is 0 Å². The molecular formula is C47H114N11O23P7S7. The largest absolute Gasteiger partial charge is 0.364 e. The maximum Gasteiger partial charge on any atom is 0.364 e. The predicted molar refractivity (Wildman–Crippen MR) is 388 cm³/mol. The van der Waals surface area contributed by atoms with Crippen LogP contribution in [0.25, 0.3) is 0 Å². The summed E-state index contributed by atoms with van der Waals surface area (Å²) >= 11 is 39.5. The van der Waals surface area contributed by atoms with E-state index in [-0.39, 0.29) is 46.2 Å². The molecule has 0 aliphatic carbocycles. The van der Waals surface area contributed by atoms with Gasteiger partial charge in [-0.25, -0.2) is 0 Å². The second-order valence-electron chi connectivity index (χ2n) is 20.1. The molecule has 0 saturated heterocycles. The molecule has 6 atom stereocenters. The van der Waals surface area contributed by atoms with Crippen LogP contribution in [0.3, 0.4) is 0 Å². The predicted octanol–water partition coefficient (Wildman–Crippen LogP) is 13.7. The Hall–Kier alpha value is 3.19. The molecule has 0 fully saturated rings. The first-order valence-electron chi connectivity index (χ1n) is 32.5. The van der Waals surface area contributed by atoms with E-state index in [4.69, 9.17) is 179 Å². The van der Waals surface area contributed by atoms with Gasteiger partial charge in [0.25, 0.3) is 0 Å². The fourth-order valence-corrected chi connectivity index (χ4v) is 15.6. The van der Waals surface area contributed by atoms with Crippen LogP contribution in [0.15, 0.2) is 0 Å². The summed E-state index contributed by atoms with van der Waals surface area (Å²) in [6, 6.07) is 0. The Balaban J connectivity index is 6.60. The lowest BCUT2D eigenvalue weighted by molar-refractivity contribution is -0.124. The first-order valence-corrected chi connectivity index (χ1v) is 50.4. The SMILES string of the molecule is CCCCCCCCOP(=S)(ONO)ONOP(=S)(OCCCCCCCC)ONOP(=S)(OCCCNCC)ONOP(=S)(OCCCNCC)ONOP(=S)(OCCCNCC)ONOP(=S)(OCCCCCCCC)ONOP(=S)(OCCCCCCCC)ONO. The van der Waals surface area contributed by atoms with Crippen molar-refractivity contribution < 1.29 is 107 Å². The molecule has 0 radical (unpaired) electrons. The van der Waals surface area contributed by atoms with Crippen LogP contribution in [0, 0.1) is 0 Å². The van der Waals surface area contributed by atoms with E-state index in [0.29, 0.717) is 84.2 Å². The fourth-order valence-electron chi connectivity index (χ4n) is 7.13. The zero-order valence-corrected chi connectivity index (χ0v) is 68.2. The maximum atomic E-state index is 9.38. The van der Waals surface area contributed by atoms with E-state index >= 15 is 0 Å². The molecule has 13 N–H and O–H groups in total. The van der Waals surface area contributed by atoms with Crippen LogP contribution in [0.4, 0.5) is 0 Å². The van der Waals surface area contributed by atoms with Gasteiger partial charge in [-0.2, -0.15) is 64.7 Å². The fraction of sp³-hybridized carbons (Fsp3) is 1.00. The molecule has 95 heavy (non-hydrogen) atoms. The summed E-state index contributed by atoms with van der Waals surface area (Å²) < 4.78 is 119. The molecule has 48 heteroatoms. The van der Waals surface area contributed by atoms with E-state index in [2.05, 4.69) is 77.5 Å². The Kier molecular flexibility index (Phi) is 67.7. The van der Waals surface area contributed by atoms with Gasteiger partial charge in [-0.3, -0.25) is 10.4 Å². The van der Waals surface area contributed by atoms with Crippen molar-refractivity contribution in [3.63, 3.8) is 0 Å². The molecule has 0 heterocycles. The van der Waals surface area contributed by atoms with Crippen LogP contribution < -0.4 is 61.1 Å². The standard InChI is InChI=1S/C47H114N11O23P7S7/c1-8-15-19-23-27-31-41-61-82(89,68-51-59)70-53-72-84(91,63-43-33-29-25-21-17-10-3)74-55-76-86(93,65-45-35-38-48-12-5)78-57-80-88(95,67-47-37-40-50-14-7)81-58-79-87(94,66-46-36-39-49-13-6)77-56-75-85(92,64-44-34-30-26-22-18-11-4)73-54-71-83(90,69-52-60)62-42-32-28-24-20-16-9-2/h48-60H,8-47H2,1-7H3. The third-order valence-corrected chi connectivity index (χ3v) is 25.1. The van der Waals surface area contributed by atoms with E-state index in [1.54, 1.807) is 0 Å². The summed E-state index contributed by atoms with van der Waals surface area (Å²) in [5, 5.41) is 28.3. The van der Waals surface area contributed by atoms with Crippen LogP contribution in [0.2, 0.25) is 0 Å². The summed E-state index contributed by atoms with van der Waals surface area (Å²) in [4.78, 5) is 0. The first kappa shape index (κ1) is 98.2. The molecule has 6 unspecified atom stereocenters. The Morgan fingerprint density at radius 3 is 0.547 bits per heavy atom. The normalized spacial score (nSPS) is 16.6. The zero-order chi connectivity index (χ0) is 70.4. The molecule has 0 bridgehead atoms. The highest BCUT2D eigenvalue weighted by atomic mass is 32.5. The highest BCUT2D eigenvalue weighted by Crippen LogP contribution is 2.57. The minimum atomic E-state index is -4.08. The molecule has 0 aromatic rings. The van der Waals surface area contributed by atoms with Crippen molar-refractivity contribution in [3.8, 4) is 0 Å². The van der Waals surface area contributed by atoms with Crippen molar-refractivity contribution in [2.45, 2.75) is 222 Å². The van der Waals surface area contributed by atoms with Gasteiger partial charge in [-0.15, -0.1) is 0 Å². The summed E-state index contributed by atoms with van der Waals surface area (Å²) in [5.41, 5.74) is 16.2. The third-order valence-electron chi connectivity index (χ3n) is 12.1. The lowest BCUT2D eigenvalue weighted by Crippen LogP contribution is -2.25. The molecule has 0 spiro atoms. The smallest absolute Gasteiger partial charge is 0.317 e. The van der Waals surface area contributed by atoms with Crippen molar-refractivity contribution in [3.05, 3.63) is 0 Å². The second-order valence-corrected chi connectivity index (χ2v) is 40.1. The molecule has 0 amide bonds.